The predicted octanol–water partition coefficient (Wildman–Crippen LogP) is -1.74. The van der Waals surface area contributed by atoms with Crippen LogP contribution in [0.1, 0.15) is 109 Å². The van der Waals surface area contributed by atoms with Crippen molar-refractivity contribution in [1.82, 2.24) is 56.6 Å². The van der Waals surface area contributed by atoms with Gasteiger partial charge in [0.2, 0.25) is 47.3 Å². The fraction of sp³-hybridized carbons (Fsp3) is 0.567. The zero-order chi connectivity index (χ0) is 63.5. The molecule has 12 N–H and O–H groups in total. The molecule has 10 amide bonds. The van der Waals surface area contributed by atoms with Crippen LogP contribution in [0, 0.1) is 5.92 Å². The molecule has 0 radical (unpaired) electrons. The second-order valence-corrected chi connectivity index (χ2v) is 22.8. The first-order valence-electron chi connectivity index (χ1n) is 30.1. The van der Waals surface area contributed by atoms with E-state index in [4.69, 9.17) is 11.5 Å². The van der Waals surface area contributed by atoms with Crippen molar-refractivity contribution in [3.63, 3.8) is 0 Å². The number of benzene rings is 2. The van der Waals surface area contributed by atoms with Crippen molar-refractivity contribution in [3.8, 4) is 5.75 Å². The molecule has 27 nitrogen and oxygen atoms in total. The Morgan fingerprint density at radius 2 is 1.45 bits per heavy atom. The minimum atomic E-state index is -1.71. The summed E-state index contributed by atoms with van der Waals surface area (Å²) in [5.74, 6) is -6.72. The molecule has 0 spiro atoms. The number of nitrogens with one attached hydrogen (secondary N) is 7. The third-order valence-corrected chi connectivity index (χ3v) is 16.5. The van der Waals surface area contributed by atoms with Crippen LogP contribution in [0.5, 0.6) is 5.75 Å². The number of aromatic nitrogens is 2. The number of likely N-dealkylation sites (tertiary alicyclic amines) is 1. The minimum Gasteiger partial charge on any atom is -0.872 e. The van der Waals surface area contributed by atoms with Crippen LogP contribution in [0.25, 0.3) is 0 Å². The molecular weight excluding hydrogens is 1120 g/mol. The highest BCUT2D eigenvalue weighted by molar-refractivity contribution is 5.98. The average molecular weight is 1210 g/mol. The summed E-state index contributed by atoms with van der Waals surface area (Å²) >= 11 is 0. The van der Waals surface area contributed by atoms with Gasteiger partial charge >= 0.3 is 5.91 Å². The fourth-order valence-electron chi connectivity index (χ4n) is 11.5. The van der Waals surface area contributed by atoms with Crippen molar-refractivity contribution >= 4 is 65.0 Å². The maximum atomic E-state index is 15.3. The molecule has 474 valence electrons. The second-order valence-electron chi connectivity index (χ2n) is 22.8. The predicted molar refractivity (Wildman–Crippen MR) is 318 cm³/mol. The van der Waals surface area contributed by atoms with Gasteiger partial charge in [0.05, 0.1) is 26.0 Å². The van der Waals surface area contributed by atoms with E-state index in [0.717, 1.165) is 11.1 Å². The number of hydrogen-bond acceptors (Lipinski definition) is 14. The van der Waals surface area contributed by atoms with Crippen LogP contribution in [-0.2, 0) is 73.8 Å². The van der Waals surface area contributed by atoms with Gasteiger partial charge in [-0.1, -0.05) is 62.4 Å². The van der Waals surface area contributed by atoms with Crippen LogP contribution in [0.4, 0.5) is 0 Å². The Labute approximate surface area is 507 Å². The van der Waals surface area contributed by atoms with E-state index >= 15 is 4.79 Å². The number of aliphatic hydroxyl groups excluding tert-OH is 1. The summed E-state index contributed by atoms with van der Waals surface area (Å²) in [5.41, 5.74) is 13.5. The van der Waals surface area contributed by atoms with Crippen LogP contribution in [0.15, 0.2) is 66.0 Å². The molecular formula is C60H87N15O12. The lowest BCUT2D eigenvalue weighted by molar-refractivity contribution is -0.843. The van der Waals surface area contributed by atoms with E-state index in [1.165, 1.54) is 46.6 Å². The van der Waals surface area contributed by atoms with Crippen LogP contribution >= 0.6 is 0 Å². The van der Waals surface area contributed by atoms with E-state index in [1.807, 2.05) is 27.7 Å². The van der Waals surface area contributed by atoms with Gasteiger partial charge in [0.1, 0.15) is 48.3 Å². The molecule has 6 rings (SSSR count). The molecule has 0 aliphatic carbocycles. The molecule has 0 saturated carbocycles. The number of fused-ring (bicyclic) bond motifs is 1. The lowest BCUT2D eigenvalue weighted by atomic mass is 9.92. The van der Waals surface area contributed by atoms with Gasteiger partial charge in [0, 0.05) is 70.3 Å². The minimum absolute atomic E-state index is 0.00947. The molecule has 27 heteroatoms. The number of carbonyl (C=O) groups is 10. The van der Waals surface area contributed by atoms with E-state index < -0.39 is 113 Å². The van der Waals surface area contributed by atoms with Gasteiger partial charge < -0.3 is 73.3 Å². The lowest BCUT2D eigenvalue weighted by Crippen LogP contribution is -2.66. The van der Waals surface area contributed by atoms with Crippen molar-refractivity contribution in [3.05, 3.63) is 83.4 Å². The monoisotopic (exact) mass is 1210 g/mol. The highest BCUT2D eigenvalue weighted by Crippen LogP contribution is 2.27. The Morgan fingerprint density at radius 3 is 2.06 bits per heavy atom. The van der Waals surface area contributed by atoms with Crippen molar-refractivity contribution in [2.75, 3.05) is 52.4 Å². The summed E-state index contributed by atoms with van der Waals surface area (Å²) in [4.78, 5) is 157. The number of aliphatic imine (C=N–C) groups is 1. The number of hydrogen-bond donors (Lipinski definition) is 10. The normalized spacial score (nSPS) is 18.2. The number of aromatic amines is 1. The van der Waals surface area contributed by atoms with Gasteiger partial charge in [-0.05, 0) is 88.8 Å². The Balaban J connectivity index is 1.23. The maximum absolute atomic E-state index is 15.3. The van der Waals surface area contributed by atoms with Gasteiger partial charge in [-0.2, -0.15) is 0 Å². The van der Waals surface area contributed by atoms with E-state index in [2.05, 4.69) is 46.9 Å². The lowest BCUT2D eigenvalue weighted by Gasteiger charge is -2.39. The first-order chi connectivity index (χ1) is 41.5. The molecule has 3 aliphatic rings. The molecule has 87 heavy (non-hydrogen) atoms. The Morgan fingerprint density at radius 1 is 0.793 bits per heavy atom. The Kier molecular flexibility index (Phi) is 24.7. The van der Waals surface area contributed by atoms with Crippen LogP contribution in [-0.4, -0.2) is 200 Å². The summed E-state index contributed by atoms with van der Waals surface area (Å²) in [6, 6.07) is 3.05. The average Bonchev–Trinajstić information content (AvgIpc) is 3.48. The number of amides is 10. The first kappa shape index (κ1) is 67.7. The zero-order valence-corrected chi connectivity index (χ0v) is 50.7. The van der Waals surface area contributed by atoms with E-state index in [0.29, 0.717) is 43.7 Å². The van der Waals surface area contributed by atoms with Crippen LogP contribution in [0.2, 0.25) is 0 Å². The number of quaternary nitrogens is 1. The highest BCUT2D eigenvalue weighted by Gasteiger charge is 2.45. The van der Waals surface area contributed by atoms with Gasteiger partial charge in [0.25, 0.3) is 5.91 Å². The quantitative estimate of drug-likeness (QED) is 0.0153. The number of carbonyl (C=O) groups excluding carboxylic acids is 10. The topological polar surface area (TPSA) is 389 Å². The van der Waals surface area contributed by atoms with Crippen molar-refractivity contribution < 1.29 is 62.6 Å². The number of guanidine groups is 1. The zero-order valence-electron chi connectivity index (χ0n) is 50.7. The first-order valence-corrected chi connectivity index (χ1v) is 30.1. The van der Waals surface area contributed by atoms with Gasteiger partial charge in [-0.15, -0.1) is 5.75 Å². The van der Waals surface area contributed by atoms with Gasteiger partial charge in [-0.25, -0.2) is 9.78 Å². The summed E-state index contributed by atoms with van der Waals surface area (Å²) < 4.78 is -0.576. The number of imidazole rings is 1. The molecule has 3 aromatic rings. The smallest absolute Gasteiger partial charge is 0.336 e. The highest BCUT2D eigenvalue weighted by atomic mass is 16.3. The maximum Gasteiger partial charge on any atom is 0.336 e. The molecule has 3 aliphatic heterocycles. The second kappa shape index (κ2) is 31.8. The van der Waals surface area contributed by atoms with E-state index in [-0.39, 0.29) is 107 Å². The number of nitrogens with zero attached hydrogens (tertiary/aromatic N) is 6. The third-order valence-electron chi connectivity index (χ3n) is 16.5. The molecule has 0 unspecified atom stereocenters. The van der Waals surface area contributed by atoms with E-state index in [9.17, 15) is 53.4 Å². The summed E-state index contributed by atoms with van der Waals surface area (Å²) in [6.07, 6.45) is 4.48. The molecule has 2 saturated heterocycles. The third kappa shape index (κ3) is 18.1. The summed E-state index contributed by atoms with van der Waals surface area (Å²) in [7, 11) is 0. The molecule has 0 bridgehead atoms. The summed E-state index contributed by atoms with van der Waals surface area (Å²) in [6.45, 7) is 10.6. The van der Waals surface area contributed by atoms with Crippen LogP contribution in [0.3, 0.4) is 0 Å². The number of nitrogens with two attached hydrogens (primary N) is 2. The Bertz CT molecular complexity index is 2930. The summed E-state index contributed by atoms with van der Waals surface area (Å²) in [5, 5.41) is 39.5. The number of H-pyrrole nitrogens is 1. The van der Waals surface area contributed by atoms with Crippen molar-refractivity contribution in [1.29, 1.82) is 0 Å². The SMILES string of the molecule is CCN(CC)C(=O)[C@@H]1CCCN1C(=O)[C@H](CCCN=C(N)N)NC(=O)[C@H](CC(C)C)NC(=O)C[N+](CC)(CC)C(=O)[C@H](Cc1ccc([O-])cc1)NC(=O)[C@H](CO)NC(=O)[C@@H]1Cc2ccccc2CN1C(=O)[C@H](Cc1cnc[nH]1)NC(=O)[C@@H]1CCC(=O)N1. The van der Waals surface area contributed by atoms with Gasteiger partial charge in [-0.3, -0.25) is 52.6 Å². The molecule has 2 aromatic carbocycles. The number of rotatable bonds is 30. The standard InChI is InChI=1S/C60H87N15O12/c1-7-72(8-2)58(86)48-18-14-26-73(48)56(84)43(17-13-25-64-60(61)62)68-53(81)44(27-36(5)6)67-51(79)33-75(9-3,10-4)59(87)46(28-37-19-21-41(77)22-20-37)70-54(82)47(34-76)71-55(83)49-29-38-15-11-12-16-39(38)32-74(49)57(85)45(30-40-31-63-35-65-40)69-52(80)42-23-24-50(78)66-42/h11-12,15-16,19-22,31,35-36,42-49,76H,7-10,13-14,17-18,23-30,32-34H2,1-6H3,(H11-,61,62,63,64,65,66,67,68,69,70,71,77,78,79,80,81,82,83)/t42-,43-,44-,45-,46-,47-,48-,49-/m0/s1. The van der Waals surface area contributed by atoms with Crippen molar-refractivity contribution in [2.24, 2.45) is 22.4 Å². The largest absolute Gasteiger partial charge is 0.872 e. The van der Waals surface area contributed by atoms with E-state index in [1.54, 1.807) is 43.0 Å². The molecule has 4 heterocycles. The van der Waals surface area contributed by atoms with Crippen molar-refractivity contribution in [2.45, 2.75) is 161 Å². The van der Waals surface area contributed by atoms with Crippen LogP contribution < -0.4 is 48.5 Å². The number of aliphatic hydroxyl groups is 1. The molecule has 1 aromatic heterocycles. The number of likely N-dealkylation sites (N-methyl/N-ethyl adjacent to an activating group) is 2. The van der Waals surface area contributed by atoms with Gasteiger partial charge in [0.15, 0.2) is 12.5 Å². The molecule has 8 atom stereocenters. The Hall–Kier alpha value is -8.46. The molecule has 2 fully saturated rings. The fourth-order valence-corrected chi connectivity index (χ4v) is 11.5.